The Bertz CT molecular complexity index is 953. The molecule has 2 aromatic carbocycles. The van der Waals surface area contributed by atoms with Crippen LogP contribution in [0.15, 0.2) is 53.7 Å². The molecule has 8 heteroatoms. The van der Waals surface area contributed by atoms with Gasteiger partial charge in [0.2, 0.25) is 0 Å². The molecule has 0 atom stereocenters. The van der Waals surface area contributed by atoms with Crippen molar-refractivity contribution in [2.75, 3.05) is 0 Å². The Morgan fingerprint density at radius 1 is 1.10 bits per heavy atom. The zero-order chi connectivity index (χ0) is 20.8. The smallest absolute Gasteiger partial charge is 0.269 e. The molecule has 0 radical (unpaired) electrons. The van der Waals surface area contributed by atoms with Crippen molar-refractivity contribution in [3.8, 4) is 5.75 Å². The molecule has 0 aliphatic heterocycles. The van der Waals surface area contributed by atoms with Crippen molar-refractivity contribution in [1.29, 1.82) is 0 Å². The van der Waals surface area contributed by atoms with Crippen LogP contribution in [0.25, 0.3) is 0 Å². The third-order valence-electron chi connectivity index (χ3n) is 4.54. The molecular weight excluding hydrogens is 388 g/mol. The minimum atomic E-state index is -0.396. The van der Waals surface area contributed by atoms with E-state index in [4.69, 9.17) is 4.74 Å². The number of nitrogens with zero attached hydrogens (tertiary/aromatic N) is 4. The van der Waals surface area contributed by atoms with Gasteiger partial charge in [0.25, 0.3) is 5.69 Å². The number of hydrogen-bond donors (Lipinski definition) is 0. The van der Waals surface area contributed by atoms with E-state index < -0.39 is 4.92 Å². The van der Waals surface area contributed by atoms with Gasteiger partial charge in [-0.25, -0.2) is 0 Å². The summed E-state index contributed by atoms with van der Waals surface area (Å²) in [5.74, 6) is 2.72. The summed E-state index contributed by atoms with van der Waals surface area (Å²) >= 11 is 1.55. The highest BCUT2D eigenvalue weighted by Gasteiger charge is 2.13. The number of rotatable bonds is 9. The molecule has 0 N–H and O–H groups in total. The molecule has 0 saturated carbocycles. The van der Waals surface area contributed by atoms with Crippen LogP contribution in [-0.4, -0.2) is 19.7 Å². The molecule has 0 bridgehead atoms. The molecule has 7 nitrogen and oxygen atoms in total. The number of hydrogen-bond acceptors (Lipinski definition) is 6. The van der Waals surface area contributed by atoms with Crippen LogP contribution >= 0.6 is 11.8 Å². The number of non-ortho nitro benzene ring substituents is 1. The fourth-order valence-corrected chi connectivity index (χ4v) is 3.79. The molecule has 0 spiro atoms. The van der Waals surface area contributed by atoms with Gasteiger partial charge in [-0.1, -0.05) is 49.9 Å². The molecule has 29 heavy (non-hydrogen) atoms. The van der Waals surface area contributed by atoms with E-state index >= 15 is 0 Å². The predicted molar refractivity (Wildman–Crippen MR) is 113 cm³/mol. The van der Waals surface area contributed by atoms with Gasteiger partial charge in [-0.05, 0) is 36.1 Å². The Morgan fingerprint density at radius 2 is 1.79 bits per heavy atom. The molecule has 0 fully saturated rings. The molecule has 0 aliphatic rings. The first kappa shape index (κ1) is 20.9. The van der Waals surface area contributed by atoms with Gasteiger partial charge in [0.1, 0.15) is 12.4 Å². The van der Waals surface area contributed by atoms with E-state index in [9.17, 15) is 10.1 Å². The SMILES string of the molecule is CCn1c(COc2ccc(C(C)C)cc2)nnc1SCc1ccc([N+](=O)[O-])cc1. The summed E-state index contributed by atoms with van der Waals surface area (Å²) in [6.07, 6.45) is 0. The Hall–Kier alpha value is -2.87. The second-order valence-electron chi connectivity index (χ2n) is 6.87. The van der Waals surface area contributed by atoms with E-state index in [0.717, 1.165) is 28.8 Å². The number of ether oxygens (including phenoxy) is 1. The second kappa shape index (κ2) is 9.56. The van der Waals surface area contributed by atoms with Crippen LogP contribution in [0.4, 0.5) is 5.69 Å². The quantitative estimate of drug-likeness (QED) is 0.273. The lowest BCUT2D eigenvalue weighted by molar-refractivity contribution is -0.384. The molecule has 1 aromatic heterocycles. The van der Waals surface area contributed by atoms with Gasteiger partial charge >= 0.3 is 0 Å². The summed E-state index contributed by atoms with van der Waals surface area (Å²) in [5.41, 5.74) is 2.37. The normalized spacial score (nSPS) is 11.0. The van der Waals surface area contributed by atoms with Gasteiger partial charge in [-0.2, -0.15) is 0 Å². The number of aromatic nitrogens is 3. The highest BCUT2D eigenvalue weighted by molar-refractivity contribution is 7.98. The van der Waals surface area contributed by atoms with E-state index in [2.05, 4.69) is 36.2 Å². The van der Waals surface area contributed by atoms with Crippen LogP contribution in [0.3, 0.4) is 0 Å². The van der Waals surface area contributed by atoms with Gasteiger partial charge in [0.15, 0.2) is 11.0 Å². The van der Waals surface area contributed by atoms with E-state index in [1.807, 2.05) is 23.6 Å². The average molecular weight is 413 g/mol. The van der Waals surface area contributed by atoms with Crippen molar-refractivity contribution in [3.05, 3.63) is 75.6 Å². The van der Waals surface area contributed by atoms with E-state index in [0.29, 0.717) is 18.3 Å². The van der Waals surface area contributed by atoms with Crippen LogP contribution in [0.1, 0.15) is 43.6 Å². The van der Waals surface area contributed by atoms with Crippen molar-refractivity contribution >= 4 is 17.4 Å². The van der Waals surface area contributed by atoms with Crippen molar-refractivity contribution in [2.24, 2.45) is 0 Å². The summed E-state index contributed by atoms with van der Waals surface area (Å²) in [5, 5.41) is 20.1. The highest BCUT2D eigenvalue weighted by Crippen LogP contribution is 2.24. The lowest BCUT2D eigenvalue weighted by atomic mass is 10.0. The predicted octanol–water partition coefficient (Wildman–Crippen LogP) is 5.20. The summed E-state index contributed by atoms with van der Waals surface area (Å²) in [6.45, 7) is 7.45. The van der Waals surface area contributed by atoms with Gasteiger partial charge in [0.05, 0.1) is 4.92 Å². The van der Waals surface area contributed by atoms with Crippen LogP contribution in [0.5, 0.6) is 5.75 Å². The zero-order valence-corrected chi connectivity index (χ0v) is 17.6. The maximum atomic E-state index is 10.8. The third kappa shape index (κ3) is 5.35. The molecule has 0 unspecified atom stereocenters. The lowest BCUT2D eigenvalue weighted by Crippen LogP contribution is -2.07. The minimum absolute atomic E-state index is 0.0938. The topological polar surface area (TPSA) is 83.1 Å². The molecule has 1 heterocycles. The standard InChI is InChI=1S/C21H24N4O3S/c1-4-24-20(13-28-19-11-7-17(8-12-19)15(2)3)22-23-21(24)29-14-16-5-9-18(10-6-16)25(26)27/h5-12,15H,4,13-14H2,1-3H3. The molecule has 3 rings (SSSR count). The highest BCUT2D eigenvalue weighted by atomic mass is 32.2. The Balaban J connectivity index is 1.61. The Kier molecular flexibility index (Phi) is 6.87. The van der Waals surface area contributed by atoms with E-state index in [-0.39, 0.29) is 5.69 Å². The Labute approximate surface area is 174 Å². The van der Waals surface area contributed by atoms with Crippen molar-refractivity contribution in [3.63, 3.8) is 0 Å². The first-order valence-electron chi connectivity index (χ1n) is 9.49. The summed E-state index contributed by atoms with van der Waals surface area (Å²) in [4.78, 5) is 10.4. The summed E-state index contributed by atoms with van der Waals surface area (Å²) < 4.78 is 7.91. The van der Waals surface area contributed by atoms with E-state index in [1.165, 1.54) is 17.7 Å². The second-order valence-corrected chi connectivity index (χ2v) is 7.81. The van der Waals surface area contributed by atoms with Gasteiger partial charge < -0.3 is 9.30 Å². The van der Waals surface area contributed by atoms with Crippen molar-refractivity contribution in [1.82, 2.24) is 14.8 Å². The van der Waals surface area contributed by atoms with Gasteiger partial charge in [-0.15, -0.1) is 10.2 Å². The van der Waals surface area contributed by atoms with Gasteiger partial charge in [-0.3, -0.25) is 10.1 Å². The summed E-state index contributed by atoms with van der Waals surface area (Å²) in [7, 11) is 0. The molecule has 152 valence electrons. The monoisotopic (exact) mass is 412 g/mol. The summed E-state index contributed by atoms with van der Waals surface area (Å²) in [6, 6.07) is 14.7. The van der Waals surface area contributed by atoms with Crippen LogP contribution < -0.4 is 4.74 Å². The van der Waals surface area contributed by atoms with Crippen LogP contribution in [-0.2, 0) is 18.9 Å². The zero-order valence-electron chi connectivity index (χ0n) is 16.7. The fourth-order valence-electron chi connectivity index (χ4n) is 2.81. The number of nitro benzene ring substituents is 1. The van der Waals surface area contributed by atoms with E-state index in [1.54, 1.807) is 23.9 Å². The number of benzene rings is 2. The number of nitro groups is 1. The van der Waals surface area contributed by atoms with Crippen molar-refractivity contribution in [2.45, 2.75) is 50.8 Å². The largest absolute Gasteiger partial charge is 0.486 e. The number of thioether (sulfide) groups is 1. The maximum absolute atomic E-state index is 10.8. The molecular formula is C21H24N4O3S. The first-order chi connectivity index (χ1) is 14.0. The molecule has 0 amide bonds. The molecule has 0 aliphatic carbocycles. The third-order valence-corrected chi connectivity index (χ3v) is 5.58. The Morgan fingerprint density at radius 3 is 2.38 bits per heavy atom. The van der Waals surface area contributed by atoms with Crippen LogP contribution in [0, 0.1) is 10.1 Å². The maximum Gasteiger partial charge on any atom is 0.269 e. The van der Waals surface area contributed by atoms with Crippen molar-refractivity contribution < 1.29 is 9.66 Å². The first-order valence-corrected chi connectivity index (χ1v) is 10.5. The van der Waals surface area contributed by atoms with Gasteiger partial charge in [0, 0.05) is 24.4 Å². The molecule has 3 aromatic rings. The fraction of sp³-hybridized carbons (Fsp3) is 0.333. The molecule has 0 saturated heterocycles. The van der Waals surface area contributed by atoms with Crippen LogP contribution in [0.2, 0.25) is 0 Å². The minimum Gasteiger partial charge on any atom is -0.486 e. The lowest BCUT2D eigenvalue weighted by Gasteiger charge is -2.10. The average Bonchev–Trinajstić information content (AvgIpc) is 3.13.